The molecule has 0 unspecified atom stereocenters. The summed E-state index contributed by atoms with van der Waals surface area (Å²) in [5.74, 6) is 1.18. The van der Waals surface area contributed by atoms with Crippen LogP contribution in [-0.2, 0) is 0 Å². The van der Waals surface area contributed by atoms with Gasteiger partial charge in [-0.3, -0.25) is 4.99 Å². The van der Waals surface area contributed by atoms with Crippen molar-refractivity contribution in [3.63, 3.8) is 0 Å². The highest BCUT2D eigenvalue weighted by molar-refractivity contribution is 8.14. The molecule has 1 aliphatic heterocycles. The maximum absolute atomic E-state index is 4.76. The molecule has 0 saturated carbocycles. The number of amidine groups is 1. The molecule has 0 spiro atoms. The smallest absolute Gasteiger partial charge is 0.161 e. The number of nitrogens with zero attached hydrogens (tertiary/aromatic N) is 1. The second kappa shape index (κ2) is 6.00. The zero-order valence-corrected chi connectivity index (χ0v) is 13.2. The molecule has 1 aromatic rings. The van der Waals surface area contributed by atoms with E-state index in [-0.39, 0.29) is 0 Å². The van der Waals surface area contributed by atoms with Gasteiger partial charge in [0, 0.05) is 18.0 Å². The molecule has 0 fully saturated rings. The minimum absolute atomic E-state index is 0.414. The number of rotatable bonds is 3. The second-order valence-corrected chi connectivity index (χ2v) is 6.52. The van der Waals surface area contributed by atoms with Crippen molar-refractivity contribution in [1.29, 1.82) is 0 Å². The number of hydrogen-bond donors (Lipinski definition) is 1. The van der Waals surface area contributed by atoms with Gasteiger partial charge in [-0.15, -0.1) is 0 Å². The Morgan fingerprint density at radius 2 is 2.00 bits per heavy atom. The lowest BCUT2D eigenvalue weighted by atomic mass is 9.84. The summed E-state index contributed by atoms with van der Waals surface area (Å²) in [7, 11) is 0. The van der Waals surface area contributed by atoms with Crippen LogP contribution in [-0.4, -0.2) is 17.5 Å². The number of hydrogen-bond acceptors (Lipinski definition) is 3. The van der Waals surface area contributed by atoms with E-state index in [1.54, 1.807) is 0 Å². The minimum Gasteiger partial charge on any atom is -0.335 e. The van der Waals surface area contributed by atoms with Crippen LogP contribution in [0.25, 0.3) is 0 Å². The van der Waals surface area contributed by atoms with Crippen LogP contribution in [0, 0.1) is 19.3 Å². The molecule has 0 bridgehead atoms. The van der Waals surface area contributed by atoms with Crippen LogP contribution < -0.4 is 5.32 Å². The van der Waals surface area contributed by atoms with Crippen LogP contribution in [0.3, 0.4) is 0 Å². The number of benzene rings is 1. The Kier molecular flexibility index (Phi) is 4.56. The first-order valence-corrected chi connectivity index (χ1v) is 8.08. The van der Waals surface area contributed by atoms with Gasteiger partial charge in [0.15, 0.2) is 5.17 Å². The number of nitrogens with one attached hydrogen (secondary N) is 1. The van der Waals surface area contributed by atoms with E-state index >= 15 is 0 Å². The quantitative estimate of drug-likeness (QED) is 0.870. The zero-order valence-electron chi connectivity index (χ0n) is 12.4. The summed E-state index contributed by atoms with van der Waals surface area (Å²) >= 11 is 1.87. The van der Waals surface area contributed by atoms with Crippen molar-refractivity contribution in [2.24, 2.45) is 10.4 Å². The van der Waals surface area contributed by atoms with E-state index in [1.165, 1.54) is 35.4 Å². The fraction of sp³-hybridized carbons (Fsp3) is 0.562. The molecular formula is C16H24N2S. The Morgan fingerprint density at radius 1 is 1.26 bits per heavy atom. The highest BCUT2D eigenvalue weighted by Crippen LogP contribution is 2.35. The molecular weight excluding hydrogens is 252 g/mol. The van der Waals surface area contributed by atoms with Gasteiger partial charge in [0.05, 0.1) is 0 Å². The number of thioether (sulfide) groups is 1. The normalized spacial score (nSPS) is 18.0. The van der Waals surface area contributed by atoms with Gasteiger partial charge in [-0.05, 0) is 49.3 Å². The highest BCUT2D eigenvalue weighted by atomic mass is 32.2. The molecule has 0 aromatic heterocycles. The van der Waals surface area contributed by atoms with Crippen molar-refractivity contribution < 1.29 is 0 Å². The van der Waals surface area contributed by atoms with E-state index in [0.717, 1.165) is 11.7 Å². The van der Waals surface area contributed by atoms with E-state index in [9.17, 15) is 0 Å². The topological polar surface area (TPSA) is 24.4 Å². The maximum Gasteiger partial charge on any atom is 0.161 e. The monoisotopic (exact) mass is 276 g/mol. The summed E-state index contributed by atoms with van der Waals surface area (Å²) < 4.78 is 0. The van der Waals surface area contributed by atoms with Crippen LogP contribution in [0.15, 0.2) is 23.2 Å². The summed E-state index contributed by atoms with van der Waals surface area (Å²) in [6, 6.07) is 6.50. The van der Waals surface area contributed by atoms with Crippen LogP contribution >= 0.6 is 11.8 Å². The maximum atomic E-state index is 4.76. The third-order valence-electron chi connectivity index (χ3n) is 4.21. The van der Waals surface area contributed by atoms with Gasteiger partial charge in [0.25, 0.3) is 0 Å². The summed E-state index contributed by atoms with van der Waals surface area (Å²) in [6.45, 7) is 9.78. The fourth-order valence-corrected chi connectivity index (χ4v) is 3.57. The average molecular weight is 276 g/mol. The number of aryl methyl sites for hydroxylation is 2. The van der Waals surface area contributed by atoms with E-state index < -0.39 is 0 Å². The lowest BCUT2D eigenvalue weighted by molar-refractivity contribution is 0.318. The summed E-state index contributed by atoms with van der Waals surface area (Å²) in [4.78, 5) is 4.76. The van der Waals surface area contributed by atoms with E-state index in [0.29, 0.717) is 5.41 Å². The summed E-state index contributed by atoms with van der Waals surface area (Å²) in [5.41, 5.74) is 4.16. The lowest BCUT2D eigenvalue weighted by Gasteiger charge is -2.33. The highest BCUT2D eigenvalue weighted by Gasteiger charge is 2.30. The van der Waals surface area contributed by atoms with Crippen molar-refractivity contribution in [3.05, 3.63) is 29.3 Å². The molecule has 1 heterocycles. The van der Waals surface area contributed by atoms with E-state index in [1.807, 2.05) is 11.8 Å². The van der Waals surface area contributed by atoms with Gasteiger partial charge in [0.2, 0.25) is 0 Å². The molecule has 0 aliphatic carbocycles. The Hall–Kier alpha value is -0.960. The predicted octanol–water partition coefficient (Wildman–Crippen LogP) is 4.62. The number of anilines is 1. The van der Waals surface area contributed by atoms with Gasteiger partial charge in [-0.2, -0.15) is 0 Å². The molecule has 2 rings (SSSR count). The van der Waals surface area contributed by atoms with Gasteiger partial charge < -0.3 is 5.32 Å². The third-order valence-corrected chi connectivity index (χ3v) is 5.47. The first kappa shape index (κ1) is 14.4. The van der Waals surface area contributed by atoms with Crippen LogP contribution in [0.1, 0.15) is 37.8 Å². The minimum atomic E-state index is 0.414. The third kappa shape index (κ3) is 3.33. The largest absolute Gasteiger partial charge is 0.335 e. The average Bonchev–Trinajstić information content (AvgIpc) is 2.44. The molecule has 3 heteroatoms. The van der Waals surface area contributed by atoms with Crippen molar-refractivity contribution in [2.45, 2.75) is 40.5 Å². The van der Waals surface area contributed by atoms with Gasteiger partial charge >= 0.3 is 0 Å². The zero-order chi connectivity index (χ0) is 13.9. The van der Waals surface area contributed by atoms with Gasteiger partial charge in [0.1, 0.15) is 0 Å². The van der Waals surface area contributed by atoms with Gasteiger partial charge in [-0.25, -0.2) is 0 Å². The van der Waals surface area contributed by atoms with Gasteiger partial charge in [-0.1, -0.05) is 37.7 Å². The molecule has 0 radical (unpaired) electrons. The second-order valence-electron chi connectivity index (χ2n) is 5.56. The molecule has 0 saturated heterocycles. The number of aliphatic imine (C=N–C) groups is 1. The van der Waals surface area contributed by atoms with Crippen LogP contribution in [0.2, 0.25) is 0 Å². The Morgan fingerprint density at radius 3 is 2.58 bits per heavy atom. The fourth-order valence-electron chi connectivity index (χ4n) is 2.29. The molecule has 1 aliphatic rings. The first-order chi connectivity index (χ1) is 9.08. The van der Waals surface area contributed by atoms with Crippen molar-refractivity contribution in [2.75, 3.05) is 17.6 Å². The lowest BCUT2D eigenvalue weighted by Crippen LogP contribution is -2.32. The molecule has 1 aromatic carbocycles. The Balaban J connectivity index is 2.09. The summed E-state index contributed by atoms with van der Waals surface area (Å²) in [5, 5.41) is 4.56. The molecule has 104 valence electrons. The molecule has 0 atom stereocenters. The SMILES string of the molecule is CCC1(CC)CN=C(Nc2cc(C)ccc2C)SC1. The van der Waals surface area contributed by atoms with Crippen molar-refractivity contribution in [1.82, 2.24) is 0 Å². The van der Waals surface area contributed by atoms with Crippen molar-refractivity contribution in [3.8, 4) is 0 Å². The Bertz CT molecular complexity index is 476. The molecule has 2 nitrogen and oxygen atoms in total. The molecule has 0 amide bonds. The standard InChI is InChI=1S/C16H24N2S/c1-5-16(6-2)10-17-15(19-11-16)18-14-9-12(3)7-8-13(14)4/h7-9H,5-6,10-11H2,1-4H3,(H,17,18). The van der Waals surface area contributed by atoms with Crippen LogP contribution in [0.5, 0.6) is 0 Å². The van der Waals surface area contributed by atoms with Crippen molar-refractivity contribution >= 4 is 22.6 Å². The van der Waals surface area contributed by atoms with E-state index in [4.69, 9.17) is 4.99 Å². The van der Waals surface area contributed by atoms with E-state index in [2.05, 4.69) is 51.2 Å². The van der Waals surface area contributed by atoms with Crippen LogP contribution in [0.4, 0.5) is 5.69 Å². The first-order valence-electron chi connectivity index (χ1n) is 7.10. The molecule has 19 heavy (non-hydrogen) atoms. The predicted molar refractivity (Wildman–Crippen MR) is 87.3 cm³/mol. The summed E-state index contributed by atoms with van der Waals surface area (Å²) in [6.07, 6.45) is 2.44. The molecule has 1 N–H and O–H groups in total. The Labute approximate surface area is 121 Å².